The van der Waals surface area contributed by atoms with E-state index >= 15 is 0 Å². The summed E-state index contributed by atoms with van der Waals surface area (Å²) in [6.07, 6.45) is 1.45. The minimum absolute atomic E-state index is 0.0171. The molecule has 3 aromatic rings. The lowest BCUT2D eigenvalue weighted by molar-refractivity contribution is -0.118. The molecule has 2 amide bonds. The molecule has 7 nitrogen and oxygen atoms in total. The molecular formula is C18H13ClN4O3. The van der Waals surface area contributed by atoms with Gasteiger partial charge in [0.05, 0.1) is 23.1 Å². The van der Waals surface area contributed by atoms with Crippen LogP contribution in [0.2, 0.25) is 5.02 Å². The monoisotopic (exact) mass is 368 g/mol. The Bertz CT molecular complexity index is 1020. The molecule has 1 aliphatic heterocycles. The van der Waals surface area contributed by atoms with Crippen molar-refractivity contribution in [1.82, 2.24) is 10.2 Å². The number of ether oxygens (including phenoxy) is 1. The first-order chi connectivity index (χ1) is 12.6. The predicted octanol–water partition coefficient (Wildman–Crippen LogP) is 3.31. The van der Waals surface area contributed by atoms with Gasteiger partial charge in [-0.1, -0.05) is 23.7 Å². The summed E-state index contributed by atoms with van der Waals surface area (Å²) in [5.41, 5.74) is 2.75. The van der Waals surface area contributed by atoms with Gasteiger partial charge in [-0.2, -0.15) is 5.10 Å². The molecular weight excluding hydrogens is 356 g/mol. The molecule has 130 valence electrons. The first-order valence-corrected chi connectivity index (χ1v) is 8.15. The minimum Gasteiger partial charge on any atom is -0.482 e. The van der Waals surface area contributed by atoms with Crippen molar-refractivity contribution in [3.8, 4) is 17.0 Å². The van der Waals surface area contributed by atoms with E-state index in [0.29, 0.717) is 33.4 Å². The van der Waals surface area contributed by atoms with Gasteiger partial charge in [-0.05, 0) is 30.3 Å². The molecule has 0 fully saturated rings. The lowest BCUT2D eigenvalue weighted by Gasteiger charge is -2.18. The molecule has 2 heterocycles. The largest absolute Gasteiger partial charge is 0.482 e. The molecule has 0 aliphatic carbocycles. The van der Waals surface area contributed by atoms with Crippen molar-refractivity contribution in [1.29, 1.82) is 0 Å². The molecule has 4 rings (SSSR count). The van der Waals surface area contributed by atoms with Gasteiger partial charge in [-0.25, -0.2) is 0 Å². The molecule has 1 aromatic heterocycles. The maximum Gasteiger partial charge on any atom is 0.262 e. The van der Waals surface area contributed by atoms with Crippen LogP contribution in [-0.2, 0) is 4.79 Å². The molecule has 0 spiro atoms. The predicted molar refractivity (Wildman–Crippen MR) is 97.6 cm³/mol. The van der Waals surface area contributed by atoms with Gasteiger partial charge in [0.2, 0.25) is 0 Å². The van der Waals surface area contributed by atoms with Crippen LogP contribution in [0.4, 0.5) is 11.4 Å². The second-order valence-electron chi connectivity index (χ2n) is 5.67. The van der Waals surface area contributed by atoms with Crippen LogP contribution in [0.15, 0.2) is 48.7 Å². The highest BCUT2D eigenvalue weighted by Gasteiger charge is 2.19. The van der Waals surface area contributed by atoms with Crippen molar-refractivity contribution in [2.75, 3.05) is 17.2 Å². The average molecular weight is 369 g/mol. The highest BCUT2D eigenvalue weighted by molar-refractivity contribution is 6.30. The fourth-order valence-corrected chi connectivity index (χ4v) is 2.87. The zero-order valence-electron chi connectivity index (χ0n) is 13.4. The molecule has 0 saturated heterocycles. The van der Waals surface area contributed by atoms with Crippen LogP contribution in [0.3, 0.4) is 0 Å². The number of aromatic nitrogens is 2. The van der Waals surface area contributed by atoms with Crippen LogP contribution in [0.5, 0.6) is 5.75 Å². The molecule has 8 heteroatoms. The average Bonchev–Trinajstić information content (AvgIpc) is 3.11. The Kier molecular flexibility index (Phi) is 4.06. The third kappa shape index (κ3) is 3.12. The molecule has 26 heavy (non-hydrogen) atoms. The van der Waals surface area contributed by atoms with Gasteiger partial charge in [-0.3, -0.25) is 14.7 Å². The normalized spacial score (nSPS) is 12.7. The number of benzene rings is 2. The first-order valence-electron chi connectivity index (χ1n) is 7.77. The van der Waals surface area contributed by atoms with E-state index in [9.17, 15) is 9.59 Å². The number of halogens is 1. The molecule has 0 bridgehead atoms. The number of nitrogens with zero attached hydrogens (tertiary/aromatic N) is 1. The van der Waals surface area contributed by atoms with E-state index in [1.807, 2.05) is 6.07 Å². The molecule has 0 saturated carbocycles. The van der Waals surface area contributed by atoms with E-state index in [4.69, 9.17) is 16.3 Å². The van der Waals surface area contributed by atoms with Gasteiger partial charge in [0, 0.05) is 16.3 Å². The Balaban J connectivity index is 1.59. The summed E-state index contributed by atoms with van der Waals surface area (Å²) in [7, 11) is 0. The number of amides is 2. The Morgan fingerprint density at radius 1 is 1.23 bits per heavy atom. The smallest absolute Gasteiger partial charge is 0.262 e. The topological polar surface area (TPSA) is 96.1 Å². The van der Waals surface area contributed by atoms with Gasteiger partial charge >= 0.3 is 0 Å². The Morgan fingerprint density at radius 3 is 2.96 bits per heavy atom. The second kappa shape index (κ2) is 6.53. The van der Waals surface area contributed by atoms with Gasteiger partial charge in [0.15, 0.2) is 6.61 Å². The van der Waals surface area contributed by atoms with Crippen LogP contribution in [-0.4, -0.2) is 28.6 Å². The van der Waals surface area contributed by atoms with Crippen molar-refractivity contribution >= 4 is 34.8 Å². The number of anilines is 2. The van der Waals surface area contributed by atoms with E-state index in [0.717, 1.165) is 5.56 Å². The lowest BCUT2D eigenvalue weighted by atomic mass is 10.1. The van der Waals surface area contributed by atoms with Crippen molar-refractivity contribution in [3.63, 3.8) is 0 Å². The second-order valence-corrected chi connectivity index (χ2v) is 6.11. The quantitative estimate of drug-likeness (QED) is 0.660. The summed E-state index contributed by atoms with van der Waals surface area (Å²) in [5, 5.41) is 12.9. The summed E-state index contributed by atoms with van der Waals surface area (Å²) in [5.74, 6) is -0.0127. The first kappa shape index (κ1) is 16.2. The maximum absolute atomic E-state index is 12.7. The van der Waals surface area contributed by atoms with Crippen LogP contribution < -0.4 is 15.4 Å². The number of fused-ring (bicyclic) bond motifs is 1. The number of nitrogens with one attached hydrogen (secondary N) is 3. The number of carbonyl (C=O) groups is 2. The number of hydrogen-bond donors (Lipinski definition) is 3. The minimum atomic E-state index is -0.336. The van der Waals surface area contributed by atoms with Crippen LogP contribution in [0, 0.1) is 0 Å². The fourth-order valence-electron chi connectivity index (χ4n) is 2.68. The number of aromatic amines is 1. The number of H-pyrrole nitrogens is 1. The standard InChI is InChI=1S/C18H13ClN4O3/c19-11-3-1-2-10(6-11)17-13(8-20-23-17)18(25)21-12-4-5-15-14(7-12)22-16(24)9-26-15/h1-8H,9H2,(H,20,23)(H,21,25)(H,22,24). The van der Waals surface area contributed by atoms with E-state index < -0.39 is 0 Å². The third-order valence-corrected chi connectivity index (χ3v) is 4.10. The fraction of sp³-hybridized carbons (Fsp3) is 0.0556. The van der Waals surface area contributed by atoms with Gasteiger partial charge < -0.3 is 15.4 Å². The van der Waals surface area contributed by atoms with Crippen LogP contribution in [0.25, 0.3) is 11.3 Å². The summed E-state index contributed by atoms with van der Waals surface area (Å²) in [6.45, 7) is -0.0171. The number of rotatable bonds is 3. The van der Waals surface area contributed by atoms with Crippen molar-refractivity contribution in [2.45, 2.75) is 0 Å². The Labute approximate surface area is 153 Å². The Morgan fingerprint density at radius 2 is 2.12 bits per heavy atom. The SMILES string of the molecule is O=C1COc2ccc(NC(=O)c3cn[nH]c3-c3cccc(Cl)c3)cc2N1. The van der Waals surface area contributed by atoms with Crippen LogP contribution >= 0.6 is 11.6 Å². The zero-order valence-corrected chi connectivity index (χ0v) is 14.1. The molecule has 1 aliphatic rings. The Hall–Kier alpha value is -3.32. The van der Waals surface area contributed by atoms with E-state index in [-0.39, 0.29) is 18.4 Å². The van der Waals surface area contributed by atoms with Crippen molar-refractivity contribution in [2.24, 2.45) is 0 Å². The van der Waals surface area contributed by atoms with Gasteiger partial charge in [0.25, 0.3) is 11.8 Å². The molecule has 0 radical (unpaired) electrons. The van der Waals surface area contributed by atoms with Crippen molar-refractivity contribution in [3.05, 3.63) is 59.2 Å². The van der Waals surface area contributed by atoms with E-state index in [1.165, 1.54) is 6.20 Å². The van der Waals surface area contributed by atoms with Crippen molar-refractivity contribution < 1.29 is 14.3 Å². The molecule has 0 unspecified atom stereocenters. The summed E-state index contributed by atoms with van der Waals surface area (Å²) in [4.78, 5) is 24.1. The molecule has 3 N–H and O–H groups in total. The summed E-state index contributed by atoms with van der Waals surface area (Å²) >= 11 is 6.02. The maximum atomic E-state index is 12.7. The lowest BCUT2D eigenvalue weighted by Crippen LogP contribution is -2.25. The highest BCUT2D eigenvalue weighted by Crippen LogP contribution is 2.31. The van der Waals surface area contributed by atoms with E-state index in [2.05, 4.69) is 20.8 Å². The zero-order chi connectivity index (χ0) is 18.1. The van der Waals surface area contributed by atoms with Gasteiger partial charge in [-0.15, -0.1) is 0 Å². The summed E-state index contributed by atoms with van der Waals surface area (Å²) in [6, 6.07) is 12.2. The molecule has 2 aromatic carbocycles. The molecule has 0 atom stereocenters. The van der Waals surface area contributed by atoms with Gasteiger partial charge in [0.1, 0.15) is 5.75 Å². The number of carbonyl (C=O) groups excluding carboxylic acids is 2. The van der Waals surface area contributed by atoms with Crippen LogP contribution in [0.1, 0.15) is 10.4 Å². The highest BCUT2D eigenvalue weighted by atomic mass is 35.5. The summed E-state index contributed by atoms with van der Waals surface area (Å²) < 4.78 is 5.30. The third-order valence-electron chi connectivity index (χ3n) is 3.87. The number of hydrogen-bond acceptors (Lipinski definition) is 4. The van der Waals surface area contributed by atoms with E-state index in [1.54, 1.807) is 36.4 Å².